The van der Waals surface area contributed by atoms with Crippen LogP contribution in [0.3, 0.4) is 0 Å². The summed E-state index contributed by atoms with van der Waals surface area (Å²) in [6, 6.07) is 9.68. The second-order valence-electron chi connectivity index (χ2n) is 7.07. The van der Waals surface area contributed by atoms with Crippen molar-refractivity contribution in [3.05, 3.63) is 47.2 Å². The fourth-order valence-corrected chi connectivity index (χ4v) is 5.32. The van der Waals surface area contributed by atoms with Crippen LogP contribution in [-0.2, 0) is 6.42 Å². The molecule has 6 rings (SSSR count). The first-order valence-electron chi connectivity index (χ1n) is 8.43. The second kappa shape index (κ2) is 4.46. The van der Waals surface area contributed by atoms with Crippen molar-refractivity contribution in [3.63, 3.8) is 0 Å². The maximum atomic E-state index is 9.99. The van der Waals surface area contributed by atoms with E-state index in [1.54, 1.807) is 0 Å². The van der Waals surface area contributed by atoms with Gasteiger partial charge in [0.05, 0.1) is 6.04 Å². The van der Waals surface area contributed by atoms with Crippen molar-refractivity contribution >= 4 is 10.9 Å². The normalized spacial score (nSPS) is 37.7. The third-order valence-corrected chi connectivity index (χ3v) is 6.33. The zero-order valence-corrected chi connectivity index (χ0v) is 12.9. The first kappa shape index (κ1) is 12.9. The van der Waals surface area contributed by atoms with E-state index in [1.165, 1.54) is 27.7 Å². The molecular formula is C19H22N2O. The second-order valence-corrected chi connectivity index (χ2v) is 7.07. The van der Waals surface area contributed by atoms with Gasteiger partial charge in [-0.05, 0) is 37.3 Å². The smallest absolute Gasteiger partial charge is 0.0514 e. The minimum absolute atomic E-state index is 0.313. The summed E-state index contributed by atoms with van der Waals surface area (Å²) in [5.41, 5.74) is 5.74. The lowest BCUT2D eigenvalue weighted by Gasteiger charge is -2.58. The molecule has 0 amide bonds. The standard InChI is InChI=1S/C19H22N2O/c1-2-11-9-21-17-8-14-12-5-3-4-6-16(12)20-19(14)18(21)7-13(11)15(17)10-22/h2-6,13,15,17-18,20,22H,7-10H2,1H3/b11-2+/t13-,15?,17+,18+/m1/s1. The summed E-state index contributed by atoms with van der Waals surface area (Å²) >= 11 is 0. The van der Waals surface area contributed by atoms with E-state index in [-0.39, 0.29) is 0 Å². The molecule has 3 nitrogen and oxygen atoms in total. The molecule has 0 spiro atoms. The summed E-state index contributed by atoms with van der Waals surface area (Å²) in [4.78, 5) is 6.35. The Morgan fingerprint density at radius 2 is 2.23 bits per heavy atom. The summed E-state index contributed by atoms with van der Waals surface area (Å²) in [5, 5.41) is 11.4. The molecule has 2 unspecified atom stereocenters. The quantitative estimate of drug-likeness (QED) is 0.794. The van der Waals surface area contributed by atoms with Gasteiger partial charge < -0.3 is 10.1 Å². The fourth-order valence-electron chi connectivity index (χ4n) is 5.32. The van der Waals surface area contributed by atoms with Gasteiger partial charge in [-0.1, -0.05) is 29.8 Å². The number of fused-ring (bicyclic) bond motifs is 4. The summed E-state index contributed by atoms with van der Waals surface area (Å²) in [6.45, 7) is 3.55. The Bertz CT molecular complexity index is 775. The van der Waals surface area contributed by atoms with Crippen LogP contribution in [0, 0.1) is 11.8 Å². The lowest BCUT2D eigenvalue weighted by molar-refractivity contribution is -0.0503. The highest BCUT2D eigenvalue weighted by molar-refractivity contribution is 5.85. The van der Waals surface area contributed by atoms with Crippen LogP contribution in [0.1, 0.15) is 30.6 Å². The Balaban J connectivity index is 1.69. The van der Waals surface area contributed by atoms with Crippen LogP contribution in [0.25, 0.3) is 10.9 Å². The fraction of sp³-hybridized carbons (Fsp3) is 0.474. The Hall–Kier alpha value is -1.58. The number of nitrogens with one attached hydrogen (secondary N) is 1. The van der Waals surface area contributed by atoms with E-state index in [2.05, 4.69) is 47.1 Å². The van der Waals surface area contributed by atoms with Crippen molar-refractivity contribution < 1.29 is 5.11 Å². The molecule has 1 aromatic carbocycles. The number of hydrogen-bond donors (Lipinski definition) is 2. The third-order valence-electron chi connectivity index (χ3n) is 6.33. The number of benzene rings is 1. The van der Waals surface area contributed by atoms with Crippen molar-refractivity contribution in [2.75, 3.05) is 13.2 Å². The summed E-state index contributed by atoms with van der Waals surface area (Å²) in [5.74, 6) is 0.965. The maximum absolute atomic E-state index is 9.99. The highest BCUT2D eigenvalue weighted by atomic mass is 16.3. The van der Waals surface area contributed by atoms with Gasteiger partial charge in [0.2, 0.25) is 0 Å². The number of aliphatic hydroxyl groups is 1. The first-order chi connectivity index (χ1) is 10.8. The zero-order chi connectivity index (χ0) is 14.8. The predicted molar refractivity (Wildman–Crippen MR) is 87.7 cm³/mol. The number of rotatable bonds is 1. The minimum atomic E-state index is 0.313. The summed E-state index contributed by atoms with van der Waals surface area (Å²) in [6.07, 6.45) is 4.51. The van der Waals surface area contributed by atoms with Gasteiger partial charge in [0.1, 0.15) is 0 Å². The SMILES string of the molecule is C/C=C1\CN2[C@H]3C[C@H]1C(CO)[C@@H]2Cc1c3[nH]c2ccccc12. The van der Waals surface area contributed by atoms with Crippen LogP contribution in [0.15, 0.2) is 35.9 Å². The molecule has 5 heterocycles. The Kier molecular flexibility index (Phi) is 2.62. The van der Waals surface area contributed by atoms with E-state index in [9.17, 15) is 5.11 Å². The average molecular weight is 294 g/mol. The summed E-state index contributed by atoms with van der Waals surface area (Å²) in [7, 11) is 0. The zero-order valence-electron chi connectivity index (χ0n) is 12.9. The molecule has 4 aliphatic heterocycles. The minimum Gasteiger partial charge on any atom is -0.396 e. The lowest BCUT2D eigenvalue weighted by atomic mass is 9.64. The number of aromatic nitrogens is 1. The van der Waals surface area contributed by atoms with Crippen LogP contribution < -0.4 is 0 Å². The van der Waals surface area contributed by atoms with Gasteiger partial charge in [-0.2, -0.15) is 0 Å². The van der Waals surface area contributed by atoms with E-state index >= 15 is 0 Å². The number of nitrogens with zero attached hydrogens (tertiary/aromatic N) is 1. The molecular weight excluding hydrogens is 272 g/mol. The molecule has 3 saturated heterocycles. The van der Waals surface area contributed by atoms with Gasteiger partial charge >= 0.3 is 0 Å². The average Bonchev–Trinajstić information content (AvgIpc) is 2.93. The molecule has 5 atom stereocenters. The molecule has 114 valence electrons. The van der Waals surface area contributed by atoms with E-state index in [0.717, 1.165) is 19.4 Å². The largest absolute Gasteiger partial charge is 0.396 e. The van der Waals surface area contributed by atoms with Crippen molar-refractivity contribution in [2.45, 2.75) is 31.8 Å². The molecule has 3 heteroatoms. The predicted octanol–water partition coefficient (Wildman–Crippen LogP) is 3.02. The molecule has 1 aromatic heterocycles. The van der Waals surface area contributed by atoms with Crippen LogP contribution >= 0.6 is 0 Å². The number of H-pyrrole nitrogens is 1. The molecule has 4 aliphatic rings. The number of para-hydroxylation sites is 1. The number of hydrogen-bond acceptors (Lipinski definition) is 2. The summed E-state index contributed by atoms with van der Waals surface area (Å²) < 4.78 is 0. The number of piperidine rings is 3. The van der Waals surface area contributed by atoms with Crippen molar-refractivity contribution in [3.8, 4) is 0 Å². The molecule has 2 N–H and O–H groups in total. The van der Waals surface area contributed by atoms with Crippen molar-refractivity contribution in [2.24, 2.45) is 11.8 Å². The van der Waals surface area contributed by atoms with Crippen LogP contribution in [0.5, 0.6) is 0 Å². The van der Waals surface area contributed by atoms with E-state index in [4.69, 9.17) is 0 Å². The molecule has 0 aliphatic carbocycles. The van der Waals surface area contributed by atoms with Gasteiger partial charge in [0.25, 0.3) is 0 Å². The first-order valence-corrected chi connectivity index (χ1v) is 8.43. The van der Waals surface area contributed by atoms with Crippen LogP contribution in [-0.4, -0.2) is 34.2 Å². The monoisotopic (exact) mass is 294 g/mol. The topological polar surface area (TPSA) is 39.3 Å². The maximum Gasteiger partial charge on any atom is 0.0514 e. The number of allylic oxidation sites excluding steroid dienone is 1. The van der Waals surface area contributed by atoms with E-state index < -0.39 is 0 Å². The van der Waals surface area contributed by atoms with Crippen LogP contribution in [0.2, 0.25) is 0 Å². The highest BCUT2D eigenvalue weighted by Gasteiger charge is 2.52. The van der Waals surface area contributed by atoms with Crippen molar-refractivity contribution in [1.82, 2.24) is 9.88 Å². The molecule has 22 heavy (non-hydrogen) atoms. The molecule has 3 fully saturated rings. The van der Waals surface area contributed by atoms with Crippen molar-refractivity contribution in [1.29, 1.82) is 0 Å². The molecule has 0 radical (unpaired) electrons. The van der Waals surface area contributed by atoms with Gasteiger partial charge in [-0.3, -0.25) is 4.90 Å². The number of aliphatic hydroxyl groups excluding tert-OH is 1. The van der Waals surface area contributed by atoms with Gasteiger partial charge in [0.15, 0.2) is 0 Å². The van der Waals surface area contributed by atoms with E-state index in [1.807, 2.05) is 0 Å². The Morgan fingerprint density at radius 1 is 1.36 bits per heavy atom. The Morgan fingerprint density at radius 3 is 3.05 bits per heavy atom. The van der Waals surface area contributed by atoms with Gasteiger partial charge in [-0.25, -0.2) is 0 Å². The molecule has 2 aromatic rings. The van der Waals surface area contributed by atoms with Gasteiger partial charge in [0, 0.05) is 41.7 Å². The highest BCUT2D eigenvalue weighted by Crippen LogP contribution is 2.53. The van der Waals surface area contributed by atoms with Crippen LogP contribution in [0.4, 0.5) is 0 Å². The van der Waals surface area contributed by atoms with E-state index in [0.29, 0.717) is 30.5 Å². The Labute approximate surface area is 130 Å². The molecule has 4 bridgehead atoms. The molecule has 0 saturated carbocycles. The van der Waals surface area contributed by atoms with Gasteiger partial charge in [-0.15, -0.1) is 0 Å². The lowest BCUT2D eigenvalue weighted by Crippen LogP contribution is -2.60. The third kappa shape index (κ3) is 1.48. The number of aromatic amines is 1.